The Bertz CT molecular complexity index is 2120. The highest BCUT2D eigenvalue weighted by Gasteiger charge is 2.62. The maximum atomic E-state index is 14.5. The molecule has 0 spiro atoms. The maximum absolute atomic E-state index is 14.5. The number of para-hydroxylation sites is 2. The van der Waals surface area contributed by atoms with Gasteiger partial charge in [-0.1, -0.05) is 45.1 Å². The molecular weight excluding hydrogens is 721 g/mol. The molecule has 7 rings (SSSR count). The number of carbonyl (C=O) groups excluding carboxylic acids is 4. The lowest BCUT2D eigenvalue weighted by Crippen LogP contribution is -2.60. The molecule has 5 atom stereocenters. The Kier molecular flexibility index (Phi) is 9.55. The van der Waals surface area contributed by atoms with E-state index in [0.717, 1.165) is 9.75 Å². The van der Waals surface area contributed by atoms with Crippen LogP contribution in [0.4, 0.5) is 4.79 Å². The third-order valence-electron chi connectivity index (χ3n) is 9.95. The van der Waals surface area contributed by atoms with Crippen LogP contribution in [-0.4, -0.2) is 89.2 Å². The van der Waals surface area contributed by atoms with Gasteiger partial charge in [0.2, 0.25) is 27.7 Å². The number of amides is 4. The van der Waals surface area contributed by atoms with Gasteiger partial charge >= 0.3 is 6.09 Å². The Morgan fingerprint density at radius 3 is 2.53 bits per heavy atom. The van der Waals surface area contributed by atoms with E-state index >= 15 is 0 Å². The summed E-state index contributed by atoms with van der Waals surface area (Å²) in [4.78, 5) is 68.2. The zero-order valence-electron chi connectivity index (χ0n) is 29.7. The van der Waals surface area contributed by atoms with E-state index in [1.165, 1.54) is 22.3 Å². The standard InChI is InChI=1S/C37H42N6O8S2/c1-5-21-19-37(21,34(46)42-53(48,49)24-14-15-24)41-31(44)27-18-22-20-43(27)33(45)30(36(2,3)4)40-35(47)50-17-9-8-10-23-13-16-28(52-23)29-32(51-22)39-26-12-7-6-11-25(26)38-29/h5-8,10-13,16,21-22,24,27,30H,1,9,14-15,17-20H2,2-4H3,(H,40,47)(H,41,44)(H,42,46)/b10-8+/t21-,22-,27+,30-,37+/m1/s1. The fraction of sp³-hybridized carbons (Fsp3) is 0.459. The van der Waals surface area contributed by atoms with E-state index in [9.17, 15) is 27.6 Å². The number of hydrogen-bond donors (Lipinski definition) is 3. The largest absolute Gasteiger partial charge is 0.471 e. The molecule has 0 unspecified atom stereocenters. The molecule has 1 aromatic carbocycles. The van der Waals surface area contributed by atoms with Gasteiger partial charge in [0.15, 0.2) is 0 Å². The van der Waals surface area contributed by atoms with Crippen LogP contribution >= 0.6 is 11.3 Å². The quantitative estimate of drug-likeness (QED) is 0.311. The van der Waals surface area contributed by atoms with Crippen molar-refractivity contribution in [3.8, 4) is 16.5 Å². The highest BCUT2D eigenvalue weighted by Crippen LogP contribution is 2.46. The third kappa shape index (κ3) is 7.51. The molecule has 16 heteroatoms. The summed E-state index contributed by atoms with van der Waals surface area (Å²) in [6.07, 6.45) is 5.26. The van der Waals surface area contributed by atoms with Gasteiger partial charge in [0.1, 0.15) is 29.4 Å². The third-order valence-corrected chi connectivity index (χ3v) is 12.8. The van der Waals surface area contributed by atoms with Crippen molar-refractivity contribution in [2.75, 3.05) is 13.2 Å². The van der Waals surface area contributed by atoms with Gasteiger partial charge in [-0.05, 0) is 61.4 Å². The van der Waals surface area contributed by atoms with Gasteiger partial charge in [0.05, 0.1) is 34.3 Å². The molecule has 2 aliphatic carbocycles. The van der Waals surface area contributed by atoms with E-state index in [1.807, 2.05) is 48.6 Å². The number of benzene rings is 1. The second-order valence-corrected chi connectivity index (χ2v) is 18.1. The second kappa shape index (κ2) is 13.9. The molecule has 2 saturated carbocycles. The van der Waals surface area contributed by atoms with Crippen molar-refractivity contribution in [2.45, 2.75) is 81.9 Å². The lowest BCUT2D eigenvalue weighted by atomic mass is 9.85. The highest BCUT2D eigenvalue weighted by atomic mass is 32.2. The summed E-state index contributed by atoms with van der Waals surface area (Å²) in [5.41, 5.74) is -0.612. The molecule has 4 amide bonds. The molecule has 0 radical (unpaired) electrons. The van der Waals surface area contributed by atoms with Crippen molar-refractivity contribution in [2.24, 2.45) is 11.3 Å². The zero-order chi connectivity index (χ0) is 37.7. The Balaban J connectivity index is 1.25. The first kappa shape index (κ1) is 36.5. The van der Waals surface area contributed by atoms with E-state index in [4.69, 9.17) is 19.4 Å². The van der Waals surface area contributed by atoms with Crippen LogP contribution in [-0.2, 0) is 29.1 Å². The normalized spacial score (nSPS) is 26.9. The Hall–Kier alpha value is -4.83. The molecule has 14 nitrogen and oxygen atoms in total. The van der Waals surface area contributed by atoms with Gasteiger partial charge in [-0.2, -0.15) is 0 Å². The first-order valence-corrected chi connectivity index (χ1v) is 20.0. The van der Waals surface area contributed by atoms with Crippen LogP contribution in [0.5, 0.6) is 5.88 Å². The molecule has 4 heterocycles. The van der Waals surface area contributed by atoms with Crippen LogP contribution in [0, 0.1) is 11.3 Å². The number of thiophene rings is 1. The number of aromatic nitrogens is 2. The van der Waals surface area contributed by atoms with Crippen molar-refractivity contribution < 1.29 is 37.1 Å². The number of hydrogen-bond acceptors (Lipinski definition) is 11. The van der Waals surface area contributed by atoms with E-state index in [-0.39, 0.29) is 31.9 Å². The predicted octanol–water partition coefficient (Wildman–Crippen LogP) is 3.93. The molecule has 3 N–H and O–H groups in total. The summed E-state index contributed by atoms with van der Waals surface area (Å²) < 4.78 is 39.6. The molecule has 4 aliphatic rings. The smallest absolute Gasteiger partial charge is 0.407 e. The first-order valence-electron chi connectivity index (χ1n) is 17.6. The Labute approximate surface area is 311 Å². The molecule has 280 valence electrons. The minimum absolute atomic E-state index is 0.00207. The van der Waals surface area contributed by atoms with Crippen LogP contribution in [0.3, 0.4) is 0 Å². The van der Waals surface area contributed by atoms with Crippen LogP contribution in [0.25, 0.3) is 27.7 Å². The summed E-state index contributed by atoms with van der Waals surface area (Å²) in [5.74, 6) is -2.38. The summed E-state index contributed by atoms with van der Waals surface area (Å²) >= 11 is 1.48. The topological polar surface area (TPSA) is 186 Å². The fourth-order valence-electron chi connectivity index (χ4n) is 6.74. The number of ether oxygens (including phenoxy) is 2. The molecule has 3 aromatic rings. The second-order valence-electron chi connectivity index (χ2n) is 15.0. The van der Waals surface area contributed by atoms with Crippen LogP contribution in [0.2, 0.25) is 0 Å². The predicted molar refractivity (Wildman–Crippen MR) is 198 cm³/mol. The minimum atomic E-state index is -3.90. The Morgan fingerprint density at radius 1 is 1.11 bits per heavy atom. The fourth-order valence-corrected chi connectivity index (χ4v) is 9.03. The average molecular weight is 763 g/mol. The number of carbonyl (C=O) groups is 4. The average Bonchev–Trinajstić information content (AvgIpc) is 4.00. The number of sulfonamides is 1. The summed E-state index contributed by atoms with van der Waals surface area (Å²) in [5, 5.41) is 4.87. The van der Waals surface area contributed by atoms with Gasteiger partial charge in [0, 0.05) is 17.2 Å². The van der Waals surface area contributed by atoms with Crippen LogP contribution in [0.15, 0.2) is 55.1 Å². The van der Waals surface area contributed by atoms with Gasteiger partial charge < -0.3 is 25.0 Å². The summed E-state index contributed by atoms with van der Waals surface area (Å²) in [6.45, 7) is 9.14. The van der Waals surface area contributed by atoms with Crippen molar-refractivity contribution in [3.63, 3.8) is 0 Å². The molecule has 4 bridgehead atoms. The molecule has 2 aliphatic heterocycles. The van der Waals surface area contributed by atoms with Gasteiger partial charge in [-0.25, -0.2) is 23.2 Å². The SMILES string of the molecule is C=C[C@@H]1C[C@@]1(NC(=O)[C@@H]1C[C@@H]2CN1C(=O)[C@H](C(C)(C)C)NC(=O)OCC/C=C/c1ccc(s1)-c1nc3ccccc3nc1O2)C(=O)NS(=O)(=O)C1CC1. The minimum Gasteiger partial charge on any atom is -0.471 e. The van der Waals surface area contributed by atoms with Crippen molar-refractivity contribution in [1.29, 1.82) is 0 Å². The number of cyclic esters (lactones) is 1. The zero-order valence-corrected chi connectivity index (χ0v) is 31.3. The number of fused-ring (bicyclic) bond motifs is 7. The number of alkyl carbamates (subject to hydrolysis) is 1. The van der Waals surface area contributed by atoms with Crippen molar-refractivity contribution in [3.05, 3.63) is 60.0 Å². The van der Waals surface area contributed by atoms with E-state index < -0.39 is 74.1 Å². The molecule has 3 fully saturated rings. The maximum Gasteiger partial charge on any atom is 0.407 e. The molecular formula is C37H42N6O8S2. The highest BCUT2D eigenvalue weighted by molar-refractivity contribution is 7.91. The van der Waals surface area contributed by atoms with Gasteiger partial charge in [0.25, 0.3) is 5.91 Å². The number of nitrogens with one attached hydrogen (secondary N) is 3. The number of nitrogens with zero attached hydrogens (tertiary/aromatic N) is 3. The van der Waals surface area contributed by atoms with Gasteiger partial charge in [-0.15, -0.1) is 17.9 Å². The van der Waals surface area contributed by atoms with E-state index in [0.29, 0.717) is 36.0 Å². The Morgan fingerprint density at radius 2 is 1.85 bits per heavy atom. The van der Waals surface area contributed by atoms with Crippen LogP contribution < -0.4 is 20.1 Å². The van der Waals surface area contributed by atoms with Gasteiger partial charge in [-0.3, -0.25) is 19.1 Å². The monoisotopic (exact) mass is 762 g/mol. The lowest BCUT2D eigenvalue weighted by Gasteiger charge is -2.35. The van der Waals surface area contributed by atoms with Crippen molar-refractivity contribution in [1.82, 2.24) is 30.2 Å². The molecule has 2 aromatic heterocycles. The molecule has 53 heavy (non-hydrogen) atoms. The first-order chi connectivity index (χ1) is 25.2. The number of rotatable bonds is 6. The summed E-state index contributed by atoms with van der Waals surface area (Å²) in [6, 6.07) is 8.98. The van der Waals surface area contributed by atoms with E-state index in [1.54, 1.807) is 20.8 Å². The van der Waals surface area contributed by atoms with E-state index in [2.05, 4.69) is 21.9 Å². The van der Waals surface area contributed by atoms with Crippen LogP contribution in [0.1, 0.15) is 57.8 Å². The van der Waals surface area contributed by atoms with Crippen molar-refractivity contribution >= 4 is 62.3 Å². The summed E-state index contributed by atoms with van der Waals surface area (Å²) in [7, 11) is -3.90. The molecule has 1 saturated heterocycles. The lowest BCUT2D eigenvalue weighted by molar-refractivity contribution is -0.142.